The Bertz CT molecular complexity index is 760. The van der Waals surface area contributed by atoms with E-state index in [1.165, 1.54) is 12.0 Å². The normalized spacial score (nSPS) is 22.9. The van der Waals surface area contributed by atoms with Crippen molar-refractivity contribution in [2.24, 2.45) is 5.92 Å². The summed E-state index contributed by atoms with van der Waals surface area (Å²) in [5.41, 5.74) is 1.83. The lowest BCUT2D eigenvalue weighted by molar-refractivity contribution is 0.0724. The van der Waals surface area contributed by atoms with Gasteiger partial charge < -0.3 is 14.9 Å². The van der Waals surface area contributed by atoms with Crippen LogP contribution in [-0.2, 0) is 6.42 Å². The van der Waals surface area contributed by atoms with Crippen LogP contribution < -0.4 is 4.90 Å². The Hall–Kier alpha value is -2.47. The van der Waals surface area contributed by atoms with Gasteiger partial charge in [-0.15, -0.1) is 0 Å². The van der Waals surface area contributed by atoms with Gasteiger partial charge in [0.25, 0.3) is 5.91 Å². The minimum Gasteiger partial charge on any atom is -0.391 e. The van der Waals surface area contributed by atoms with Crippen LogP contribution in [0.25, 0.3) is 0 Å². The molecule has 0 aromatic carbocycles. The summed E-state index contributed by atoms with van der Waals surface area (Å²) >= 11 is 0. The number of β-amino-alcohol motifs (C(OH)–C–C–N with tert-alkyl or cyclic N) is 1. The Morgan fingerprint density at radius 3 is 2.56 bits per heavy atom. The zero-order chi connectivity index (χ0) is 18.6. The van der Waals surface area contributed by atoms with Gasteiger partial charge in [-0.2, -0.15) is 0 Å². The largest absolute Gasteiger partial charge is 0.391 e. The van der Waals surface area contributed by atoms with E-state index >= 15 is 0 Å². The highest BCUT2D eigenvalue weighted by Gasteiger charge is 2.32. The smallest absolute Gasteiger partial charge is 0.255 e. The van der Waals surface area contributed by atoms with Gasteiger partial charge in [-0.3, -0.25) is 9.78 Å². The predicted molar refractivity (Wildman–Crippen MR) is 104 cm³/mol. The summed E-state index contributed by atoms with van der Waals surface area (Å²) in [7, 11) is 0. The Kier molecular flexibility index (Phi) is 5.34. The molecule has 6 heteroatoms. The van der Waals surface area contributed by atoms with E-state index in [0.29, 0.717) is 12.1 Å². The molecule has 2 aliphatic heterocycles. The lowest BCUT2D eigenvalue weighted by Gasteiger charge is -2.26. The number of hydrogen-bond acceptors (Lipinski definition) is 5. The lowest BCUT2D eigenvalue weighted by atomic mass is 9.97. The van der Waals surface area contributed by atoms with Crippen LogP contribution >= 0.6 is 0 Å². The van der Waals surface area contributed by atoms with Crippen molar-refractivity contribution >= 4 is 11.7 Å². The van der Waals surface area contributed by atoms with Crippen molar-refractivity contribution in [3.63, 3.8) is 0 Å². The molecule has 0 unspecified atom stereocenters. The average molecular weight is 366 g/mol. The molecule has 0 aliphatic carbocycles. The van der Waals surface area contributed by atoms with Crippen molar-refractivity contribution in [2.45, 2.75) is 31.8 Å². The molecule has 4 heterocycles. The number of carbonyl (C=O) groups is 1. The topological polar surface area (TPSA) is 69.6 Å². The van der Waals surface area contributed by atoms with Crippen molar-refractivity contribution in [1.82, 2.24) is 14.9 Å². The molecule has 142 valence electrons. The molecule has 2 aromatic rings. The van der Waals surface area contributed by atoms with E-state index < -0.39 is 0 Å². The van der Waals surface area contributed by atoms with Crippen LogP contribution in [0, 0.1) is 5.92 Å². The fourth-order valence-corrected chi connectivity index (χ4v) is 4.04. The number of likely N-dealkylation sites (tertiary alicyclic amines) is 1. The monoisotopic (exact) mass is 366 g/mol. The molecule has 0 saturated carbocycles. The number of aliphatic hydroxyl groups is 1. The molecule has 1 N–H and O–H groups in total. The number of aliphatic hydroxyl groups excluding tert-OH is 1. The summed E-state index contributed by atoms with van der Waals surface area (Å²) in [6.45, 7) is 3.02. The van der Waals surface area contributed by atoms with Crippen LogP contribution in [-0.4, -0.2) is 58.2 Å². The summed E-state index contributed by atoms with van der Waals surface area (Å²) < 4.78 is 0. The molecular weight excluding hydrogens is 340 g/mol. The summed E-state index contributed by atoms with van der Waals surface area (Å²) in [6, 6.07) is 7.75. The summed E-state index contributed by atoms with van der Waals surface area (Å²) in [5.74, 6) is 1.07. The number of aromatic nitrogens is 2. The molecule has 2 atom stereocenters. The van der Waals surface area contributed by atoms with Gasteiger partial charge in [0.2, 0.25) is 0 Å². The van der Waals surface area contributed by atoms with Crippen LogP contribution in [0.3, 0.4) is 0 Å². The first-order valence-electron chi connectivity index (χ1n) is 9.78. The first kappa shape index (κ1) is 17.9. The molecule has 1 amide bonds. The number of nitrogens with zero attached hydrogens (tertiary/aromatic N) is 4. The average Bonchev–Trinajstić information content (AvgIpc) is 3.09. The molecule has 2 aliphatic rings. The minimum absolute atomic E-state index is 0.0748. The second kappa shape index (κ2) is 8.05. The van der Waals surface area contributed by atoms with Gasteiger partial charge in [0.1, 0.15) is 5.82 Å². The molecule has 0 bridgehead atoms. The molecule has 4 rings (SSSR count). The van der Waals surface area contributed by atoms with Crippen LogP contribution in [0.15, 0.2) is 42.9 Å². The zero-order valence-corrected chi connectivity index (χ0v) is 15.5. The standard InChI is InChI=1S/C21H26N4O2/c26-19-15-25(14-18(19)12-16-6-8-22-9-7-16)20-5-4-17(13-23-20)21(27)24-10-2-1-3-11-24/h4-9,13,18-19,26H,1-3,10-12,14-15H2/t18-,19+/m1/s1. The van der Waals surface area contributed by atoms with E-state index in [1.54, 1.807) is 18.6 Å². The third-order valence-corrected chi connectivity index (χ3v) is 5.62. The van der Waals surface area contributed by atoms with Gasteiger partial charge in [0.15, 0.2) is 0 Å². The van der Waals surface area contributed by atoms with E-state index in [2.05, 4.69) is 14.9 Å². The van der Waals surface area contributed by atoms with Crippen LogP contribution in [0.4, 0.5) is 5.82 Å². The first-order valence-corrected chi connectivity index (χ1v) is 9.78. The van der Waals surface area contributed by atoms with Gasteiger partial charge in [-0.1, -0.05) is 0 Å². The number of pyridine rings is 2. The molecule has 0 radical (unpaired) electrons. The molecule has 6 nitrogen and oxygen atoms in total. The number of rotatable bonds is 4. The molecule has 2 aromatic heterocycles. The Morgan fingerprint density at radius 2 is 1.85 bits per heavy atom. The maximum absolute atomic E-state index is 12.6. The number of carbonyl (C=O) groups excluding carboxylic acids is 1. The molecule has 0 spiro atoms. The third-order valence-electron chi connectivity index (χ3n) is 5.62. The fourth-order valence-electron chi connectivity index (χ4n) is 4.04. The quantitative estimate of drug-likeness (QED) is 0.898. The van der Waals surface area contributed by atoms with E-state index in [4.69, 9.17) is 0 Å². The highest BCUT2D eigenvalue weighted by molar-refractivity contribution is 5.94. The van der Waals surface area contributed by atoms with Crippen LogP contribution in [0.5, 0.6) is 0 Å². The second-order valence-corrected chi connectivity index (χ2v) is 7.55. The van der Waals surface area contributed by atoms with Crippen LogP contribution in [0.2, 0.25) is 0 Å². The van der Waals surface area contributed by atoms with Crippen molar-refractivity contribution in [3.8, 4) is 0 Å². The highest BCUT2D eigenvalue weighted by atomic mass is 16.3. The van der Waals surface area contributed by atoms with Gasteiger partial charge in [0.05, 0.1) is 11.7 Å². The van der Waals surface area contributed by atoms with E-state index in [0.717, 1.165) is 44.7 Å². The second-order valence-electron chi connectivity index (χ2n) is 7.55. The Morgan fingerprint density at radius 1 is 1.07 bits per heavy atom. The highest BCUT2D eigenvalue weighted by Crippen LogP contribution is 2.25. The number of hydrogen-bond donors (Lipinski definition) is 1. The Labute approximate surface area is 159 Å². The van der Waals surface area contributed by atoms with Gasteiger partial charge in [0, 0.05) is 50.7 Å². The molecule has 27 heavy (non-hydrogen) atoms. The first-order chi connectivity index (χ1) is 13.2. The molecule has 2 saturated heterocycles. The zero-order valence-electron chi connectivity index (χ0n) is 15.5. The molecule has 2 fully saturated rings. The lowest BCUT2D eigenvalue weighted by Crippen LogP contribution is -2.35. The number of anilines is 1. The number of piperidine rings is 1. The summed E-state index contributed by atoms with van der Waals surface area (Å²) in [5, 5.41) is 10.4. The Balaban J connectivity index is 1.39. The SMILES string of the molecule is O=C(c1ccc(N2C[C@@H](Cc3ccncc3)[C@@H](O)C2)nc1)N1CCCCC1. The van der Waals surface area contributed by atoms with E-state index in [1.807, 2.05) is 29.2 Å². The van der Waals surface area contributed by atoms with Gasteiger partial charge in [-0.05, 0) is 55.5 Å². The minimum atomic E-state index is -0.380. The van der Waals surface area contributed by atoms with Gasteiger partial charge in [-0.25, -0.2) is 4.98 Å². The van der Waals surface area contributed by atoms with E-state index in [9.17, 15) is 9.90 Å². The summed E-state index contributed by atoms with van der Waals surface area (Å²) in [4.78, 5) is 25.1. The number of amides is 1. The predicted octanol–water partition coefficient (Wildman–Crippen LogP) is 2.14. The molecular formula is C21H26N4O2. The van der Waals surface area contributed by atoms with Crippen molar-refractivity contribution in [1.29, 1.82) is 0 Å². The van der Waals surface area contributed by atoms with Crippen molar-refractivity contribution in [2.75, 3.05) is 31.1 Å². The summed E-state index contributed by atoms with van der Waals surface area (Å²) in [6.07, 6.45) is 9.07. The maximum Gasteiger partial charge on any atom is 0.255 e. The van der Waals surface area contributed by atoms with E-state index in [-0.39, 0.29) is 17.9 Å². The maximum atomic E-state index is 12.6. The van der Waals surface area contributed by atoms with Crippen molar-refractivity contribution < 1.29 is 9.90 Å². The third kappa shape index (κ3) is 4.11. The van der Waals surface area contributed by atoms with Gasteiger partial charge >= 0.3 is 0 Å². The van der Waals surface area contributed by atoms with Crippen molar-refractivity contribution in [3.05, 3.63) is 54.0 Å². The fraction of sp³-hybridized carbons (Fsp3) is 0.476. The van der Waals surface area contributed by atoms with Crippen LogP contribution in [0.1, 0.15) is 35.2 Å².